The van der Waals surface area contributed by atoms with Gasteiger partial charge in [-0.2, -0.15) is 0 Å². The van der Waals surface area contributed by atoms with Crippen LogP contribution in [-0.4, -0.2) is 60.6 Å². The fourth-order valence-electron chi connectivity index (χ4n) is 2.58. The minimum atomic E-state index is -3.28. The first-order chi connectivity index (χ1) is 9.60. The lowest BCUT2D eigenvalue weighted by Crippen LogP contribution is -2.56. The van der Waals surface area contributed by atoms with Gasteiger partial charge in [-0.05, 0) is 19.3 Å². The van der Waals surface area contributed by atoms with E-state index in [1.165, 1.54) is 4.90 Å². The van der Waals surface area contributed by atoms with E-state index >= 15 is 0 Å². The molecule has 7 nitrogen and oxygen atoms in total. The van der Waals surface area contributed by atoms with Gasteiger partial charge < -0.3 is 15.3 Å². The fourth-order valence-corrected chi connectivity index (χ4v) is 4.11. The van der Waals surface area contributed by atoms with Gasteiger partial charge in [0.1, 0.15) is 0 Å². The molecule has 122 valence electrons. The van der Waals surface area contributed by atoms with Gasteiger partial charge in [0.25, 0.3) is 0 Å². The molecule has 0 saturated carbocycles. The van der Waals surface area contributed by atoms with Crippen molar-refractivity contribution in [2.24, 2.45) is 5.92 Å². The Hall–Kier alpha value is -1.31. The van der Waals surface area contributed by atoms with E-state index in [2.05, 4.69) is 5.32 Å². The lowest BCUT2D eigenvalue weighted by Gasteiger charge is -2.35. The number of carbonyl (C=O) groups excluding carboxylic acids is 1. The molecule has 1 rings (SSSR count). The molecule has 2 atom stereocenters. The summed E-state index contributed by atoms with van der Waals surface area (Å²) in [5.41, 5.74) is 0. The molecule has 0 aromatic heterocycles. The number of amides is 2. The van der Waals surface area contributed by atoms with Crippen LogP contribution < -0.4 is 5.32 Å². The van der Waals surface area contributed by atoms with Crippen LogP contribution in [0.1, 0.15) is 33.6 Å². The molecule has 1 aliphatic heterocycles. The van der Waals surface area contributed by atoms with Gasteiger partial charge in [-0.1, -0.05) is 13.8 Å². The van der Waals surface area contributed by atoms with Crippen LogP contribution in [0, 0.1) is 5.92 Å². The van der Waals surface area contributed by atoms with Gasteiger partial charge >= 0.3 is 12.0 Å². The minimum Gasteiger partial charge on any atom is -0.481 e. The Labute approximate surface area is 125 Å². The molecule has 2 N–H and O–H groups in total. The molecule has 21 heavy (non-hydrogen) atoms. The van der Waals surface area contributed by atoms with Crippen LogP contribution in [0.15, 0.2) is 0 Å². The maximum Gasteiger partial charge on any atom is 0.317 e. The summed E-state index contributed by atoms with van der Waals surface area (Å²) in [7, 11) is -3.28. The van der Waals surface area contributed by atoms with Crippen molar-refractivity contribution < 1.29 is 23.1 Å². The van der Waals surface area contributed by atoms with E-state index in [0.717, 1.165) is 6.42 Å². The van der Waals surface area contributed by atoms with E-state index in [1.54, 1.807) is 0 Å². The quantitative estimate of drug-likeness (QED) is 0.776. The van der Waals surface area contributed by atoms with Gasteiger partial charge in [0.15, 0.2) is 9.84 Å². The molecule has 0 aromatic rings. The molecule has 2 unspecified atom stereocenters. The van der Waals surface area contributed by atoms with Crippen LogP contribution in [0.4, 0.5) is 4.79 Å². The second kappa shape index (κ2) is 7.11. The predicted molar refractivity (Wildman–Crippen MR) is 78.8 cm³/mol. The number of sulfone groups is 1. The molecule has 0 aromatic carbocycles. The molecule has 1 fully saturated rings. The molecule has 0 spiro atoms. The first-order valence-corrected chi connectivity index (χ1v) is 8.92. The summed E-state index contributed by atoms with van der Waals surface area (Å²) in [6.45, 7) is 6.01. The summed E-state index contributed by atoms with van der Waals surface area (Å²) < 4.78 is 23.3. The number of nitrogens with zero attached hydrogens (tertiary/aromatic N) is 1. The van der Waals surface area contributed by atoms with E-state index in [1.807, 2.05) is 20.8 Å². The molecule has 1 saturated heterocycles. The Morgan fingerprint density at radius 2 is 1.95 bits per heavy atom. The Balaban J connectivity index is 2.73. The van der Waals surface area contributed by atoms with Crippen LogP contribution in [0.3, 0.4) is 0 Å². The molecule has 0 radical (unpaired) electrons. The Kier molecular flexibility index (Phi) is 6.00. The second-order valence-corrected chi connectivity index (χ2v) is 8.27. The topological polar surface area (TPSA) is 104 Å². The number of carboxylic acid groups (broad SMARTS) is 1. The van der Waals surface area contributed by atoms with Crippen molar-refractivity contribution in [3.05, 3.63) is 0 Å². The summed E-state index contributed by atoms with van der Waals surface area (Å²) in [6.07, 6.45) is 0.451. The number of hydrogen-bond donors (Lipinski definition) is 2. The summed E-state index contributed by atoms with van der Waals surface area (Å²) in [6, 6.07) is -1.22. The average Bonchev–Trinajstić information content (AvgIpc) is 2.24. The maximum absolute atomic E-state index is 12.2. The zero-order valence-corrected chi connectivity index (χ0v) is 13.5. The lowest BCUT2D eigenvalue weighted by molar-refractivity contribution is -0.138. The Morgan fingerprint density at radius 1 is 1.33 bits per heavy atom. The monoisotopic (exact) mass is 320 g/mol. The lowest BCUT2D eigenvalue weighted by atomic mass is 10.1. The van der Waals surface area contributed by atoms with Crippen molar-refractivity contribution >= 4 is 21.8 Å². The van der Waals surface area contributed by atoms with Gasteiger partial charge in [-0.25, -0.2) is 13.2 Å². The Bertz CT molecular complexity index is 489. The minimum absolute atomic E-state index is 0.0403. The number of carboxylic acids is 1. The molecule has 1 aliphatic rings. The van der Waals surface area contributed by atoms with Gasteiger partial charge in [0, 0.05) is 12.6 Å². The molecule has 2 amide bonds. The largest absolute Gasteiger partial charge is 0.481 e. The highest BCUT2D eigenvalue weighted by molar-refractivity contribution is 7.91. The standard InChI is InChI=1S/C13H24N2O5S/c1-9(2)6-10(3)14-13(18)15-4-5-21(19,20)8-11(15)7-12(16)17/h9-11H,4-8H2,1-3H3,(H,14,18)(H,16,17). The maximum atomic E-state index is 12.2. The number of nitrogens with one attached hydrogen (secondary N) is 1. The molecule has 0 aliphatic carbocycles. The summed E-state index contributed by atoms with van der Waals surface area (Å²) in [5, 5.41) is 11.7. The highest BCUT2D eigenvalue weighted by atomic mass is 32.2. The predicted octanol–water partition coefficient (Wildman–Crippen LogP) is 0.704. The van der Waals surface area contributed by atoms with Gasteiger partial charge in [0.2, 0.25) is 0 Å². The zero-order chi connectivity index (χ0) is 16.2. The molecule has 0 bridgehead atoms. The van der Waals surface area contributed by atoms with E-state index < -0.39 is 21.8 Å². The fraction of sp³-hybridized carbons (Fsp3) is 0.846. The van der Waals surface area contributed by atoms with Crippen LogP contribution in [0.5, 0.6) is 0 Å². The zero-order valence-electron chi connectivity index (χ0n) is 12.7. The molecular weight excluding hydrogens is 296 g/mol. The average molecular weight is 320 g/mol. The smallest absolute Gasteiger partial charge is 0.317 e. The molecule has 8 heteroatoms. The van der Waals surface area contributed by atoms with Crippen molar-refractivity contribution in [3.8, 4) is 0 Å². The number of hydrogen-bond acceptors (Lipinski definition) is 4. The number of rotatable bonds is 5. The Morgan fingerprint density at radius 3 is 2.48 bits per heavy atom. The van der Waals surface area contributed by atoms with Crippen molar-refractivity contribution in [2.75, 3.05) is 18.1 Å². The number of aliphatic carboxylic acids is 1. The summed E-state index contributed by atoms with van der Waals surface area (Å²) in [4.78, 5) is 24.4. The van der Waals surface area contributed by atoms with Crippen LogP contribution in [0.2, 0.25) is 0 Å². The third-order valence-corrected chi connectivity index (χ3v) is 5.09. The first-order valence-electron chi connectivity index (χ1n) is 7.10. The van der Waals surface area contributed by atoms with E-state index in [-0.39, 0.29) is 36.5 Å². The third kappa shape index (κ3) is 5.91. The summed E-state index contributed by atoms with van der Waals surface area (Å²) >= 11 is 0. The van der Waals surface area contributed by atoms with E-state index in [0.29, 0.717) is 5.92 Å². The van der Waals surface area contributed by atoms with E-state index in [9.17, 15) is 18.0 Å². The van der Waals surface area contributed by atoms with Crippen molar-refractivity contribution in [1.82, 2.24) is 10.2 Å². The first kappa shape index (κ1) is 17.7. The highest BCUT2D eigenvalue weighted by Gasteiger charge is 2.35. The number of carbonyl (C=O) groups is 2. The van der Waals surface area contributed by atoms with Crippen molar-refractivity contribution in [3.63, 3.8) is 0 Å². The van der Waals surface area contributed by atoms with Crippen LogP contribution in [-0.2, 0) is 14.6 Å². The highest BCUT2D eigenvalue weighted by Crippen LogP contribution is 2.16. The molecular formula is C13H24N2O5S. The van der Waals surface area contributed by atoms with Gasteiger partial charge in [0.05, 0.1) is 24.0 Å². The van der Waals surface area contributed by atoms with Crippen molar-refractivity contribution in [2.45, 2.75) is 45.7 Å². The van der Waals surface area contributed by atoms with Crippen LogP contribution in [0.25, 0.3) is 0 Å². The van der Waals surface area contributed by atoms with Gasteiger partial charge in [-0.3, -0.25) is 4.79 Å². The SMILES string of the molecule is CC(C)CC(C)NC(=O)N1CCS(=O)(=O)CC1CC(=O)O. The molecule has 1 heterocycles. The van der Waals surface area contributed by atoms with Crippen LogP contribution >= 0.6 is 0 Å². The summed E-state index contributed by atoms with van der Waals surface area (Å²) in [5.74, 6) is -1.08. The second-order valence-electron chi connectivity index (χ2n) is 6.04. The normalized spacial score (nSPS) is 22.9. The van der Waals surface area contributed by atoms with Gasteiger partial charge in [-0.15, -0.1) is 0 Å². The van der Waals surface area contributed by atoms with E-state index in [4.69, 9.17) is 5.11 Å². The third-order valence-electron chi connectivity index (χ3n) is 3.40. The van der Waals surface area contributed by atoms with Crippen molar-refractivity contribution in [1.29, 1.82) is 0 Å². The number of urea groups is 1.